The lowest BCUT2D eigenvalue weighted by molar-refractivity contribution is 0.294. The van der Waals surface area contributed by atoms with Crippen LogP contribution in [0.3, 0.4) is 0 Å². The molecule has 1 nitrogen and oxygen atoms in total. The summed E-state index contributed by atoms with van der Waals surface area (Å²) in [6.07, 6.45) is 8.25. The summed E-state index contributed by atoms with van der Waals surface area (Å²) in [5, 5.41) is 2.15. The van der Waals surface area contributed by atoms with Crippen molar-refractivity contribution < 1.29 is 0 Å². The summed E-state index contributed by atoms with van der Waals surface area (Å²) in [6.45, 7) is 0. The second-order valence-corrected chi connectivity index (χ2v) is 7.78. The van der Waals surface area contributed by atoms with Crippen LogP contribution in [0.4, 0.5) is 0 Å². The monoisotopic (exact) mass is 313 g/mol. The highest BCUT2D eigenvalue weighted by molar-refractivity contribution is 9.10. The number of hydrogen-bond donors (Lipinski definition) is 1. The van der Waals surface area contributed by atoms with Gasteiger partial charge in [0.25, 0.3) is 0 Å². The molecule has 17 heavy (non-hydrogen) atoms. The Morgan fingerprint density at radius 2 is 2.29 bits per heavy atom. The number of hydrogen-bond acceptors (Lipinski definition) is 2. The molecule has 2 N–H and O–H groups in total. The number of nitrogens with two attached hydrogens (primary N) is 1. The van der Waals surface area contributed by atoms with Gasteiger partial charge < -0.3 is 5.73 Å². The van der Waals surface area contributed by atoms with Crippen molar-refractivity contribution in [3.8, 4) is 0 Å². The molecule has 94 valence electrons. The van der Waals surface area contributed by atoms with Gasteiger partial charge in [0.1, 0.15) is 0 Å². The molecule has 2 aliphatic rings. The zero-order chi connectivity index (χ0) is 11.8. The normalized spacial score (nSPS) is 33.2. The van der Waals surface area contributed by atoms with E-state index in [2.05, 4.69) is 27.4 Å². The van der Waals surface area contributed by atoms with Crippen molar-refractivity contribution in [2.75, 3.05) is 0 Å². The minimum Gasteiger partial charge on any atom is -0.327 e. The van der Waals surface area contributed by atoms with Crippen LogP contribution in [0.5, 0.6) is 0 Å². The second-order valence-electron chi connectivity index (χ2n) is 5.87. The van der Waals surface area contributed by atoms with Gasteiger partial charge in [-0.05, 0) is 71.9 Å². The minimum absolute atomic E-state index is 0.366. The van der Waals surface area contributed by atoms with E-state index >= 15 is 0 Å². The van der Waals surface area contributed by atoms with Crippen molar-refractivity contribution >= 4 is 27.3 Å². The molecule has 1 aromatic heterocycles. The van der Waals surface area contributed by atoms with Crippen molar-refractivity contribution in [1.82, 2.24) is 0 Å². The van der Waals surface area contributed by atoms with Crippen LogP contribution in [0.15, 0.2) is 15.9 Å². The quantitative estimate of drug-likeness (QED) is 0.885. The molecule has 1 heterocycles. The first-order valence-corrected chi connectivity index (χ1v) is 8.36. The van der Waals surface area contributed by atoms with Crippen molar-refractivity contribution in [1.29, 1.82) is 0 Å². The highest BCUT2D eigenvalue weighted by Gasteiger charge is 2.39. The highest BCUT2D eigenvalue weighted by atomic mass is 79.9. The topological polar surface area (TPSA) is 26.0 Å². The summed E-state index contributed by atoms with van der Waals surface area (Å²) in [5.41, 5.74) is 6.32. The number of rotatable bonds is 4. The van der Waals surface area contributed by atoms with Gasteiger partial charge in [-0.15, -0.1) is 11.3 Å². The largest absolute Gasteiger partial charge is 0.327 e. The molecular weight excluding hydrogens is 294 g/mol. The molecule has 3 heteroatoms. The average Bonchev–Trinajstić information content (AvgIpc) is 2.95. The van der Waals surface area contributed by atoms with Gasteiger partial charge in [-0.1, -0.05) is 6.42 Å². The molecule has 0 aliphatic heterocycles. The Morgan fingerprint density at radius 1 is 1.41 bits per heavy atom. The van der Waals surface area contributed by atoms with Gasteiger partial charge >= 0.3 is 0 Å². The third-order valence-electron chi connectivity index (χ3n) is 4.58. The van der Waals surface area contributed by atoms with Gasteiger partial charge in [-0.25, -0.2) is 0 Å². The Balaban J connectivity index is 1.52. The maximum absolute atomic E-state index is 6.32. The number of halogens is 1. The minimum atomic E-state index is 0.366. The maximum Gasteiger partial charge on any atom is 0.0285 e. The van der Waals surface area contributed by atoms with Gasteiger partial charge in [0.2, 0.25) is 0 Å². The first-order chi connectivity index (χ1) is 8.20. The van der Waals surface area contributed by atoms with Crippen LogP contribution >= 0.6 is 27.3 Å². The molecule has 4 unspecified atom stereocenters. The fraction of sp³-hybridized carbons (Fsp3) is 0.714. The highest BCUT2D eigenvalue weighted by Crippen LogP contribution is 2.49. The Hall–Kier alpha value is 0.140. The molecular formula is C14H20BrNS. The van der Waals surface area contributed by atoms with Gasteiger partial charge in [0.05, 0.1) is 0 Å². The van der Waals surface area contributed by atoms with E-state index in [0.29, 0.717) is 6.04 Å². The summed E-state index contributed by atoms with van der Waals surface area (Å²) in [6, 6.07) is 2.58. The van der Waals surface area contributed by atoms with Gasteiger partial charge in [-0.2, -0.15) is 0 Å². The molecule has 0 amide bonds. The van der Waals surface area contributed by atoms with Crippen LogP contribution in [0.2, 0.25) is 0 Å². The lowest BCUT2D eigenvalue weighted by Gasteiger charge is -2.24. The first-order valence-electron chi connectivity index (χ1n) is 6.69. The molecule has 0 radical (unpaired) electrons. The van der Waals surface area contributed by atoms with Crippen LogP contribution in [-0.2, 0) is 6.42 Å². The summed E-state index contributed by atoms with van der Waals surface area (Å²) in [7, 11) is 0. The summed E-state index contributed by atoms with van der Waals surface area (Å²) < 4.78 is 1.20. The van der Waals surface area contributed by atoms with Gasteiger partial charge in [0.15, 0.2) is 0 Å². The Kier molecular flexibility index (Phi) is 3.60. The number of fused-ring (bicyclic) bond motifs is 2. The first kappa shape index (κ1) is 12.2. The number of thiophene rings is 1. The molecule has 0 saturated heterocycles. The Labute approximate surface area is 116 Å². The molecule has 4 atom stereocenters. The molecule has 2 saturated carbocycles. The second kappa shape index (κ2) is 5.02. The van der Waals surface area contributed by atoms with E-state index in [1.807, 2.05) is 11.3 Å². The molecule has 0 aromatic carbocycles. The molecule has 0 spiro atoms. The van der Waals surface area contributed by atoms with Crippen LogP contribution in [0, 0.1) is 17.8 Å². The zero-order valence-corrected chi connectivity index (χ0v) is 12.5. The molecule has 3 rings (SSSR count). The third kappa shape index (κ3) is 2.77. The Bertz CT molecular complexity index is 389. The van der Waals surface area contributed by atoms with E-state index in [4.69, 9.17) is 5.73 Å². The smallest absolute Gasteiger partial charge is 0.0285 e. The lowest BCUT2D eigenvalue weighted by Crippen LogP contribution is -2.27. The van der Waals surface area contributed by atoms with Crippen LogP contribution in [0.1, 0.15) is 37.0 Å². The van der Waals surface area contributed by atoms with Gasteiger partial charge in [0, 0.05) is 20.8 Å². The van der Waals surface area contributed by atoms with Crippen molar-refractivity contribution in [2.45, 2.75) is 44.6 Å². The molecule has 2 fully saturated rings. The SMILES string of the molecule is NC(Cc1cc(Br)cs1)CC1CC2CCC1C2. The van der Waals surface area contributed by atoms with E-state index < -0.39 is 0 Å². The molecule has 1 aromatic rings. The van der Waals surface area contributed by atoms with Crippen molar-refractivity contribution in [2.24, 2.45) is 23.5 Å². The Morgan fingerprint density at radius 3 is 2.88 bits per heavy atom. The summed E-state index contributed by atoms with van der Waals surface area (Å²) >= 11 is 5.33. The molecule has 2 aliphatic carbocycles. The maximum atomic E-state index is 6.32. The predicted octanol–water partition coefficient (Wildman–Crippen LogP) is 4.21. The van der Waals surface area contributed by atoms with E-state index in [0.717, 1.165) is 24.2 Å². The fourth-order valence-electron chi connectivity index (χ4n) is 3.86. The van der Waals surface area contributed by atoms with Crippen LogP contribution < -0.4 is 5.73 Å². The van der Waals surface area contributed by atoms with Crippen molar-refractivity contribution in [3.05, 3.63) is 20.8 Å². The van der Waals surface area contributed by atoms with E-state index in [9.17, 15) is 0 Å². The van der Waals surface area contributed by atoms with Crippen LogP contribution in [0.25, 0.3) is 0 Å². The summed E-state index contributed by atoms with van der Waals surface area (Å²) in [4.78, 5) is 1.42. The van der Waals surface area contributed by atoms with Gasteiger partial charge in [-0.3, -0.25) is 0 Å². The van der Waals surface area contributed by atoms with E-state index in [-0.39, 0.29) is 0 Å². The third-order valence-corrected chi connectivity index (χ3v) is 6.30. The average molecular weight is 314 g/mol. The van der Waals surface area contributed by atoms with Crippen molar-refractivity contribution in [3.63, 3.8) is 0 Å². The van der Waals surface area contributed by atoms with E-state index in [1.165, 1.54) is 41.5 Å². The molecule has 2 bridgehead atoms. The van der Waals surface area contributed by atoms with Crippen LogP contribution in [-0.4, -0.2) is 6.04 Å². The zero-order valence-electron chi connectivity index (χ0n) is 10.1. The summed E-state index contributed by atoms with van der Waals surface area (Å²) in [5.74, 6) is 3.00. The van der Waals surface area contributed by atoms with E-state index in [1.54, 1.807) is 0 Å². The fourth-order valence-corrected chi connectivity index (χ4v) is 5.40. The predicted molar refractivity (Wildman–Crippen MR) is 77.3 cm³/mol. The standard InChI is InChI=1S/C14H20BrNS/c15-12-6-14(17-8-12)7-13(16)5-11-4-9-1-2-10(11)3-9/h6,8-11,13H,1-5,7,16H2. The lowest BCUT2D eigenvalue weighted by atomic mass is 9.84.